The molecular weight excluding hydrogens is 342 g/mol. The van der Waals surface area contributed by atoms with Crippen LogP contribution in [0, 0.1) is 11.3 Å². The molecule has 0 aliphatic carbocycles. The van der Waals surface area contributed by atoms with Crippen LogP contribution < -0.4 is 5.32 Å². The molecule has 0 saturated heterocycles. The Labute approximate surface area is 152 Å². The first-order valence-electron chi connectivity index (χ1n) is 8.13. The number of esters is 1. The Bertz CT molecular complexity index is 597. The van der Waals surface area contributed by atoms with Crippen molar-refractivity contribution in [1.82, 2.24) is 14.8 Å². The van der Waals surface area contributed by atoms with Gasteiger partial charge in [0.15, 0.2) is 5.13 Å². The molecule has 0 saturated carbocycles. The van der Waals surface area contributed by atoms with E-state index in [9.17, 15) is 9.59 Å². The monoisotopic (exact) mass is 367 g/mol. The van der Waals surface area contributed by atoms with Crippen molar-refractivity contribution in [2.75, 3.05) is 45.7 Å². The Morgan fingerprint density at radius 3 is 2.76 bits per heavy atom. The molecule has 1 heterocycles. The van der Waals surface area contributed by atoms with Crippen molar-refractivity contribution in [3.05, 3.63) is 11.1 Å². The summed E-state index contributed by atoms with van der Waals surface area (Å²) in [5.74, 6) is -0.343. The Kier molecular flexibility index (Phi) is 9.50. The van der Waals surface area contributed by atoms with Gasteiger partial charge in [-0.1, -0.05) is 0 Å². The van der Waals surface area contributed by atoms with E-state index < -0.39 is 0 Å². The molecule has 0 spiro atoms. The summed E-state index contributed by atoms with van der Waals surface area (Å²) in [6, 6.07) is 1.77. The molecule has 0 aliphatic rings. The quantitative estimate of drug-likeness (QED) is 0.635. The Hall–Kier alpha value is -2.18. The van der Waals surface area contributed by atoms with Crippen LogP contribution in [-0.4, -0.2) is 67.1 Å². The number of hydrogen-bond acceptors (Lipinski definition) is 7. The predicted octanol–water partition coefficient (Wildman–Crippen LogP) is 1.95. The van der Waals surface area contributed by atoms with E-state index in [1.807, 2.05) is 19.0 Å². The lowest BCUT2D eigenvalue weighted by molar-refractivity contribution is -0.142. The third-order valence-electron chi connectivity index (χ3n) is 3.21. The van der Waals surface area contributed by atoms with Gasteiger partial charge in [0.05, 0.1) is 31.2 Å². The second-order valence-electron chi connectivity index (χ2n) is 5.61. The summed E-state index contributed by atoms with van der Waals surface area (Å²) < 4.78 is 4.88. The number of nitrogens with one attached hydrogen (secondary N) is 1. The normalized spacial score (nSPS) is 10.4. The highest BCUT2D eigenvalue weighted by Gasteiger charge is 2.16. The number of aromatic nitrogens is 1. The van der Waals surface area contributed by atoms with Crippen molar-refractivity contribution in [1.29, 1.82) is 5.26 Å². The average molecular weight is 367 g/mol. The summed E-state index contributed by atoms with van der Waals surface area (Å²) in [5, 5.41) is 13.6. The largest absolute Gasteiger partial charge is 0.466 e. The van der Waals surface area contributed by atoms with Gasteiger partial charge in [0, 0.05) is 18.5 Å². The lowest BCUT2D eigenvalue weighted by Crippen LogP contribution is -2.37. The minimum atomic E-state index is -0.343. The van der Waals surface area contributed by atoms with Crippen LogP contribution in [0.3, 0.4) is 0 Å². The van der Waals surface area contributed by atoms with Crippen molar-refractivity contribution in [3.8, 4) is 6.07 Å². The van der Waals surface area contributed by atoms with Gasteiger partial charge in [-0.2, -0.15) is 5.26 Å². The van der Waals surface area contributed by atoms with E-state index in [1.165, 1.54) is 11.3 Å². The number of thiazole rings is 1. The smallest absolute Gasteiger partial charge is 0.323 e. The number of nitriles is 1. The molecule has 25 heavy (non-hydrogen) atoms. The zero-order chi connectivity index (χ0) is 18.7. The van der Waals surface area contributed by atoms with Crippen molar-refractivity contribution in [2.45, 2.75) is 26.2 Å². The van der Waals surface area contributed by atoms with E-state index in [0.29, 0.717) is 30.5 Å². The van der Waals surface area contributed by atoms with Gasteiger partial charge in [-0.05, 0) is 34.0 Å². The van der Waals surface area contributed by atoms with Crippen molar-refractivity contribution >= 4 is 28.5 Å². The highest BCUT2D eigenvalue weighted by molar-refractivity contribution is 7.13. The van der Waals surface area contributed by atoms with Gasteiger partial charge in [0.25, 0.3) is 0 Å². The standard InChI is InChI=1S/C16H25N5O3S/c1-4-24-14(22)11-13-12-25-15(18-13)19-16(23)21(9-5-7-17)10-6-8-20(2)3/h12H,4-6,8-11H2,1-3H3,(H,18,19,23). The highest BCUT2D eigenvalue weighted by atomic mass is 32.1. The Morgan fingerprint density at radius 1 is 1.36 bits per heavy atom. The Balaban J connectivity index is 2.58. The number of carbonyl (C=O) groups is 2. The van der Waals surface area contributed by atoms with Gasteiger partial charge in [0.1, 0.15) is 0 Å². The fourth-order valence-corrected chi connectivity index (χ4v) is 2.75. The lowest BCUT2D eigenvalue weighted by Gasteiger charge is -2.22. The third kappa shape index (κ3) is 8.47. The van der Waals surface area contributed by atoms with E-state index in [-0.39, 0.29) is 24.8 Å². The minimum absolute atomic E-state index is 0.0845. The zero-order valence-electron chi connectivity index (χ0n) is 14.9. The molecule has 2 amide bonds. The second kappa shape index (κ2) is 11.4. The number of urea groups is 1. The number of anilines is 1. The summed E-state index contributed by atoms with van der Waals surface area (Å²) in [6.07, 6.45) is 1.18. The van der Waals surface area contributed by atoms with Gasteiger partial charge in [-0.15, -0.1) is 11.3 Å². The molecule has 0 unspecified atom stereocenters. The van der Waals surface area contributed by atoms with Crippen molar-refractivity contribution < 1.29 is 14.3 Å². The maximum absolute atomic E-state index is 12.4. The summed E-state index contributed by atoms with van der Waals surface area (Å²) in [4.78, 5) is 31.7. The number of nitrogens with zero attached hydrogens (tertiary/aromatic N) is 4. The first-order chi connectivity index (χ1) is 12.0. The van der Waals surface area contributed by atoms with Gasteiger partial charge >= 0.3 is 12.0 Å². The molecule has 0 bridgehead atoms. The number of carbonyl (C=O) groups excluding carboxylic acids is 2. The highest BCUT2D eigenvalue weighted by Crippen LogP contribution is 2.17. The fourth-order valence-electron chi connectivity index (χ4n) is 2.05. The molecule has 1 aromatic heterocycles. The average Bonchev–Trinajstić information content (AvgIpc) is 2.97. The molecule has 1 aromatic rings. The number of amides is 2. The first kappa shape index (κ1) is 20.9. The predicted molar refractivity (Wildman–Crippen MR) is 96.4 cm³/mol. The summed E-state index contributed by atoms with van der Waals surface area (Å²) in [5.41, 5.74) is 0.565. The molecule has 0 fully saturated rings. The molecule has 1 N–H and O–H groups in total. The number of hydrogen-bond donors (Lipinski definition) is 1. The van der Waals surface area contributed by atoms with Gasteiger partial charge < -0.3 is 14.5 Å². The molecular formula is C16H25N5O3S. The lowest BCUT2D eigenvalue weighted by atomic mass is 10.3. The van der Waals surface area contributed by atoms with E-state index in [4.69, 9.17) is 10.00 Å². The topological polar surface area (TPSA) is 98.6 Å². The van der Waals surface area contributed by atoms with Crippen LogP contribution in [-0.2, 0) is 16.0 Å². The molecule has 0 aromatic carbocycles. The molecule has 0 radical (unpaired) electrons. The van der Waals surface area contributed by atoms with Crippen LogP contribution in [0.25, 0.3) is 0 Å². The fraction of sp³-hybridized carbons (Fsp3) is 0.625. The van der Waals surface area contributed by atoms with Gasteiger partial charge in [-0.3, -0.25) is 10.1 Å². The summed E-state index contributed by atoms with van der Waals surface area (Å²) in [7, 11) is 3.95. The molecule has 1 rings (SSSR count). The van der Waals surface area contributed by atoms with Crippen LogP contribution in [0.5, 0.6) is 0 Å². The zero-order valence-corrected chi connectivity index (χ0v) is 15.8. The SMILES string of the molecule is CCOC(=O)Cc1csc(NC(=O)N(CCC#N)CCCN(C)C)n1. The van der Waals surface area contributed by atoms with Crippen LogP contribution in [0.1, 0.15) is 25.5 Å². The molecule has 0 atom stereocenters. The van der Waals surface area contributed by atoms with E-state index in [1.54, 1.807) is 17.2 Å². The minimum Gasteiger partial charge on any atom is -0.466 e. The van der Waals surface area contributed by atoms with E-state index in [0.717, 1.165) is 13.0 Å². The maximum atomic E-state index is 12.4. The molecule has 138 valence electrons. The molecule has 9 heteroatoms. The van der Waals surface area contributed by atoms with Gasteiger partial charge in [-0.25, -0.2) is 9.78 Å². The maximum Gasteiger partial charge on any atom is 0.323 e. The Morgan fingerprint density at radius 2 is 2.12 bits per heavy atom. The van der Waals surface area contributed by atoms with Crippen molar-refractivity contribution in [2.24, 2.45) is 0 Å². The van der Waals surface area contributed by atoms with Gasteiger partial charge in [0.2, 0.25) is 0 Å². The third-order valence-corrected chi connectivity index (χ3v) is 4.02. The van der Waals surface area contributed by atoms with E-state index >= 15 is 0 Å². The van der Waals surface area contributed by atoms with Crippen LogP contribution in [0.4, 0.5) is 9.93 Å². The first-order valence-corrected chi connectivity index (χ1v) is 9.01. The van der Waals surface area contributed by atoms with Crippen LogP contribution in [0.15, 0.2) is 5.38 Å². The number of ether oxygens (including phenoxy) is 1. The number of rotatable bonds is 10. The van der Waals surface area contributed by atoms with Crippen LogP contribution >= 0.6 is 11.3 Å². The second-order valence-corrected chi connectivity index (χ2v) is 6.47. The van der Waals surface area contributed by atoms with Crippen molar-refractivity contribution in [3.63, 3.8) is 0 Å². The molecule has 0 aliphatic heterocycles. The van der Waals surface area contributed by atoms with Crippen LogP contribution in [0.2, 0.25) is 0 Å². The van der Waals surface area contributed by atoms with E-state index in [2.05, 4.69) is 16.4 Å². The summed E-state index contributed by atoms with van der Waals surface area (Å²) >= 11 is 1.26. The molecule has 8 nitrogen and oxygen atoms in total. The summed E-state index contributed by atoms with van der Waals surface area (Å²) in [6.45, 7) is 3.87.